The lowest BCUT2D eigenvalue weighted by atomic mass is 10.0. The molecule has 0 unspecified atom stereocenters. The minimum Gasteiger partial charge on any atom is -0.493 e. The topological polar surface area (TPSA) is 60.0 Å². The average Bonchev–Trinajstić information content (AvgIpc) is 2.75. The SMILES string of the molecule is CCOc1ccc(C(=O)N[C@@H](CN2CCOCC2)c2ccc(C)cc2)cc1OC. The van der Waals surface area contributed by atoms with Crippen molar-refractivity contribution in [1.82, 2.24) is 10.2 Å². The third-order valence-electron chi connectivity index (χ3n) is 5.06. The van der Waals surface area contributed by atoms with Gasteiger partial charge in [-0.3, -0.25) is 9.69 Å². The van der Waals surface area contributed by atoms with E-state index >= 15 is 0 Å². The Morgan fingerprint density at radius 2 is 1.86 bits per heavy atom. The summed E-state index contributed by atoms with van der Waals surface area (Å²) in [4.78, 5) is 15.4. The van der Waals surface area contributed by atoms with Gasteiger partial charge in [-0.15, -0.1) is 0 Å². The van der Waals surface area contributed by atoms with E-state index in [2.05, 4.69) is 41.4 Å². The van der Waals surface area contributed by atoms with Crippen LogP contribution in [0.1, 0.15) is 34.5 Å². The van der Waals surface area contributed by atoms with E-state index in [1.54, 1.807) is 25.3 Å². The summed E-state index contributed by atoms with van der Waals surface area (Å²) in [6, 6.07) is 13.5. The molecule has 0 bridgehead atoms. The van der Waals surface area contributed by atoms with Gasteiger partial charge < -0.3 is 19.5 Å². The Morgan fingerprint density at radius 1 is 1.14 bits per heavy atom. The van der Waals surface area contributed by atoms with Crippen LogP contribution in [-0.4, -0.2) is 57.4 Å². The van der Waals surface area contributed by atoms with Crippen LogP contribution in [0.3, 0.4) is 0 Å². The lowest BCUT2D eigenvalue weighted by molar-refractivity contribution is 0.0332. The van der Waals surface area contributed by atoms with Gasteiger partial charge in [0.15, 0.2) is 11.5 Å². The molecule has 6 heteroatoms. The second kappa shape index (κ2) is 10.3. The highest BCUT2D eigenvalue weighted by Crippen LogP contribution is 2.28. The zero-order valence-corrected chi connectivity index (χ0v) is 17.4. The van der Waals surface area contributed by atoms with Crippen molar-refractivity contribution in [1.29, 1.82) is 0 Å². The number of carbonyl (C=O) groups excluding carboxylic acids is 1. The summed E-state index contributed by atoms with van der Waals surface area (Å²) in [5.41, 5.74) is 2.83. The fraction of sp³-hybridized carbons (Fsp3) is 0.435. The van der Waals surface area contributed by atoms with Crippen LogP contribution in [0.4, 0.5) is 0 Å². The molecule has 0 spiro atoms. The number of methoxy groups -OCH3 is 1. The molecule has 1 N–H and O–H groups in total. The van der Waals surface area contributed by atoms with Crippen molar-refractivity contribution in [3.63, 3.8) is 0 Å². The van der Waals surface area contributed by atoms with Crippen LogP contribution in [0.2, 0.25) is 0 Å². The average molecular weight is 399 g/mol. The van der Waals surface area contributed by atoms with Gasteiger partial charge >= 0.3 is 0 Å². The molecular formula is C23H30N2O4. The summed E-state index contributed by atoms with van der Waals surface area (Å²) in [7, 11) is 1.58. The summed E-state index contributed by atoms with van der Waals surface area (Å²) in [6.45, 7) is 8.45. The van der Waals surface area contributed by atoms with E-state index < -0.39 is 0 Å². The molecule has 2 aromatic carbocycles. The molecule has 0 aromatic heterocycles. The van der Waals surface area contributed by atoms with Crippen LogP contribution in [-0.2, 0) is 4.74 Å². The number of ether oxygens (including phenoxy) is 3. The highest BCUT2D eigenvalue weighted by atomic mass is 16.5. The number of nitrogens with zero attached hydrogens (tertiary/aromatic N) is 1. The summed E-state index contributed by atoms with van der Waals surface area (Å²) >= 11 is 0. The molecule has 1 atom stereocenters. The number of hydrogen-bond acceptors (Lipinski definition) is 5. The van der Waals surface area contributed by atoms with Gasteiger partial charge in [0.2, 0.25) is 0 Å². The van der Waals surface area contributed by atoms with Gasteiger partial charge in [-0.05, 0) is 37.6 Å². The Kier molecular flexibility index (Phi) is 7.49. The molecule has 156 valence electrons. The zero-order chi connectivity index (χ0) is 20.6. The number of amides is 1. The van der Waals surface area contributed by atoms with Gasteiger partial charge in [-0.25, -0.2) is 0 Å². The molecule has 2 aromatic rings. The smallest absolute Gasteiger partial charge is 0.251 e. The quantitative estimate of drug-likeness (QED) is 0.740. The van der Waals surface area contributed by atoms with E-state index in [0.29, 0.717) is 23.7 Å². The lowest BCUT2D eigenvalue weighted by Crippen LogP contribution is -2.43. The molecule has 1 amide bonds. The number of hydrogen-bond donors (Lipinski definition) is 1. The Hall–Kier alpha value is -2.57. The van der Waals surface area contributed by atoms with E-state index in [1.165, 1.54) is 5.56 Å². The first kappa shape index (κ1) is 21.1. The molecular weight excluding hydrogens is 368 g/mol. The van der Waals surface area contributed by atoms with Crippen LogP contribution in [0.25, 0.3) is 0 Å². The normalized spacial score (nSPS) is 15.6. The molecule has 6 nitrogen and oxygen atoms in total. The molecule has 0 aliphatic carbocycles. The van der Waals surface area contributed by atoms with Crippen molar-refractivity contribution < 1.29 is 19.0 Å². The summed E-state index contributed by atoms with van der Waals surface area (Å²) < 4.78 is 16.4. The first-order chi connectivity index (χ1) is 14.1. The third-order valence-corrected chi connectivity index (χ3v) is 5.06. The van der Waals surface area contributed by atoms with Gasteiger partial charge in [0.05, 0.1) is 33.0 Å². The Bertz CT molecular complexity index is 801. The van der Waals surface area contributed by atoms with Crippen molar-refractivity contribution >= 4 is 5.91 Å². The number of aryl methyl sites for hydroxylation is 1. The highest BCUT2D eigenvalue weighted by molar-refractivity contribution is 5.95. The number of rotatable bonds is 8. The molecule has 0 saturated carbocycles. The fourth-order valence-corrected chi connectivity index (χ4v) is 3.40. The van der Waals surface area contributed by atoms with E-state index in [1.807, 2.05) is 6.92 Å². The zero-order valence-electron chi connectivity index (χ0n) is 17.4. The van der Waals surface area contributed by atoms with E-state index in [-0.39, 0.29) is 11.9 Å². The molecule has 29 heavy (non-hydrogen) atoms. The number of carbonyl (C=O) groups is 1. The molecule has 1 fully saturated rings. The Balaban J connectivity index is 1.78. The molecule has 1 aliphatic rings. The first-order valence-corrected chi connectivity index (χ1v) is 10.1. The van der Waals surface area contributed by atoms with E-state index in [9.17, 15) is 4.79 Å². The van der Waals surface area contributed by atoms with Crippen LogP contribution in [0.15, 0.2) is 42.5 Å². The standard InChI is InChI=1S/C23H30N2O4/c1-4-29-21-10-9-19(15-22(21)27-3)23(26)24-20(16-25-11-13-28-14-12-25)18-7-5-17(2)6-8-18/h5-10,15,20H,4,11-14,16H2,1-3H3,(H,24,26)/t20-/m0/s1. The van der Waals surface area contributed by atoms with Crippen molar-refractivity contribution in [3.8, 4) is 11.5 Å². The molecule has 1 heterocycles. The van der Waals surface area contributed by atoms with Gasteiger partial charge in [0, 0.05) is 25.2 Å². The fourth-order valence-electron chi connectivity index (χ4n) is 3.40. The number of morpholine rings is 1. The minimum atomic E-state index is -0.134. The van der Waals surface area contributed by atoms with Gasteiger partial charge in [-0.2, -0.15) is 0 Å². The van der Waals surface area contributed by atoms with E-state index in [4.69, 9.17) is 14.2 Å². The maximum atomic E-state index is 13.0. The third kappa shape index (κ3) is 5.71. The summed E-state index contributed by atoms with van der Waals surface area (Å²) in [5, 5.41) is 3.20. The molecule has 3 rings (SSSR count). The Morgan fingerprint density at radius 3 is 2.52 bits per heavy atom. The second-order valence-corrected chi connectivity index (χ2v) is 7.15. The molecule has 1 saturated heterocycles. The summed E-state index contributed by atoms with van der Waals surface area (Å²) in [5.74, 6) is 1.06. The van der Waals surface area contributed by atoms with Crippen molar-refractivity contribution in [3.05, 3.63) is 59.2 Å². The number of benzene rings is 2. The first-order valence-electron chi connectivity index (χ1n) is 10.1. The monoisotopic (exact) mass is 398 g/mol. The molecule has 0 radical (unpaired) electrons. The Labute approximate surface area is 172 Å². The maximum Gasteiger partial charge on any atom is 0.251 e. The predicted molar refractivity (Wildman–Crippen MR) is 113 cm³/mol. The number of nitrogens with one attached hydrogen (secondary N) is 1. The van der Waals surface area contributed by atoms with Crippen molar-refractivity contribution in [2.75, 3.05) is 46.6 Å². The van der Waals surface area contributed by atoms with Crippen LogP contribution < -0.4 is 14.8 Å². The van der Waals surface area contributed by atoms with Gasteiger partial charge in [0.1, 0.15) is 0 Å². The maximum absolute atomic E-state index is 13.0. The minimum absolute atomic E-state index is 0.112. The highest BCUT2D eigenvalue weighted by Gasteiger charge is 2.21. The van der Waals surface area contributed by atoms with Crippen LogP contribution in [0.5, 0.6) is 11.5 Å². The molecule has 1 aliphatic heterocycles. The van der Waals surface area contributed by atoms with Gasteiger partial charge in [-0.1, -0.05) is 29.8 Å². The second-order valence-electron chi connectivity index (χ2n) is 7.15. The lowest BCUT2D eigenvalue weighted by Gasteiger charge is -2.31. The van der Waals surface area contributed by atoms with Crippen molar-refractivity contribution in [2.45, 2.75) is 19.9 Å². The largest absolute Gasteiger partial charge is 0.493 e. The van der Waals surface area contributed by atoms with Crippen LogP contribution >= 0.6 is 0 Å². The predicted octanol–water partition coefficient (Wildman–Crippen LogP) is 3.21. The summed E-state index contributed by atoms with van der Waals surface area (Å²) in [6.07, 6.45) is 0. The van der Waals surface area contributed by atoms with Crippen LogP contribution in [0, 0.1) is 6.92 Å². The van der Waals surface area contributed by atoms with E-state index in [0.717, 1.165) is 38.4 Å². The van der Waals surface area contributed by atoms with Crippen molar-refractivity contribution in [2.24, 2.45) is 0 Å². The van der Waals surface area contributed by atoms with Gasteiger partial charge in [0.25, 0.3) is 5.91 Å².